The summed E-state index contributed by atoms with van der Waals surface area (Å²) < 4.78 is 49.1. The molecule has 2 unspecified atom stereocenters. The molecule has 0 aromatic heterocycles. The summed E-state index contributed by atoms with van der Waals surface area (Å²) in [6.07, 6.45) is -3.11. The van der Waals surface area contributed by atoms with Crippen molar-refractivity contribution in [3.63, 3.8) is 0 Å². The Morgan fingerprint density at radius 1 is 1.42 bits per heavy atom. The van der Waals surface area contributed by atoms with Crippen LogP contribution in [0.25, 0.3) is 0 Å². The third-order valence-electron chi connectivity index (χ3n) is 3.69. The van der Waals surface area contributed by atoms with Crippen LogP contribution < -0.4 is 0 Å². The summed E-state index contributed by atoms with van der Waals surface area (Å²) in [5, 5.41) is -1.01. The van der Waals surface area contributed by atoms with Gasteiger partial charge in [-0.3, -0.25) is 0 Å². The van der Waals surface area contributed by atoms with Gasteiger partial charge in [0.25, 0.3) is 0 Å². The van der Waals surface area contributed by atoms with Crippen molar-refractivity contribution in [3.8, 4) is 0 Å². The van der Waals surface area contributed by atoms with Gasteiger partial charge in [-0.15, -0.1) is 0 Å². The Hall–Kier alpha value is 0.454. The van der Waals surface area contributed by atoms with Gasteiger partial charge in [-0.1, -0.05) is 6.92 Å². The molecule has 1 fully saturated rings. The Labute approximate surface area is 118 Å². The van der Waals surface area contributed by atoms with E-state index in [1.807, 2.05) is 0 Å². The van der Waals surface area contributed by atoms with Gasteiger partial charge in [0.1, 0.15) is 0 Å². The van der Waals surface area contributed by atoms with E-state index in [-0.39, 0.29) is 0 Å². The fourth-order valence-electron chi connectivity index (χ4n) is 2.84. The molecule has 1 saturated heterocycles. The maximum atomic E-state index is 12.6. The third-order valence-corrected chi connectivity index (χ3v) is 11.3. The highest BCUT2D eigenvalue weighted by Gasteiger charge is 2.78. The lowest BCUT2D eigenvalue weighted by atomic mass is 10.1. The van der Waals surface area contributed by atoms with Crippen LogP contribution in [0.3, 0.4) is 0 Å². The van der Waals surface area contributed by atoms with Gasteiger partial charge in [0.15, 0.2) is 0 Å². The van der Waals surface area contributed by atoms with Gasteiger partial charge in [-0.2, -0.15) is 13.2 Å². The van der Waals surface area contributed by atoms with Gasteiger partial charge < -0.3 is 13.1 Å². The number of hydrogen-bond acceptors (Lipinski definition) is 4. The number of alkyl halides is 3. The Balaban J connectivity index is 2.87. The van der Waals surface area contributed by atoms with E-state index in [2.05, 4.69) is 0 Å². The van der Waals surface area contributed by atoms with Crippen molar-refractivity contribution >= 4 is 28.9 Å². The van der Waals surface area contributed by atoms with Gasteiger partial charge in [0, 0.05) is 18.2 Å². The zero-order valence-electron chi connectivity index (χ0n) is 11.8. The molecule has 1 rings (SSSR count). The Morgan fingerprint density at radius 2 is 1.95 bits per heavy atom. The fraction of sp³-hybridized carbons (Fsp3) is 1.00. The molecule has 0 radical (unpaired) electrons. The van der Waals surface area contributed by atoms with Crippen LogP contribution in [-0.2, 0) is 8.30 Å². The van der Waals surface area contributed by atoms with Crippen LogP contribution >= 0.6 is 12.0 Å². The normalized spacial score (nSPS) is 35.5. The van der Waals surface area contributed by atoms with Crippen LogP contribution in [0.4, 0.5) is 13.2 Å². The first-order valence-corrected chi connectivity index (χ1v) is 12.6. The first-order chi connectivity index (χ1) is 8.42. The van der Waals surface area contributed by atoms with Crippen LogP contribution in [0, 0.1) is 0 Å². The molecule has 3 nitrogen and oxygen atoms in total. The predicted octanol–water partition coefficient (Wildman–Crippen LogP) is 3.59. The fourth-order valence-corrected chi connectivity index (χ4v) is 11.2. The van der Waals surface area contributed by atoms with Crippen LogP contribution in [0.5, 0.6) is 0 Å². The van der Waals surface area contributed by atoms with E-state index in [4.69, 9.17) is 8.30 Å². The van der Waals surface area contributed by atoms with Crippen molar-refractivity contribution in [2.75, 3.05) is 6.26 Å². The maximum Gasteiger partial charge on any atom is 0.389 e. The smallest absolute Gasteiger partial charge is 0.389 e. The van der Waals surface area contributed by atoms with E-state index in [9.17, 15) is 18.0 Å². The minimum atomic E-state index is -4.27. The van der Waals surface area contributed by atoms with Gasteiger partial charge >= 0.3 is 14.7 Å². The van der Waals surface area contributed by atoms with Crippen LogP contribution in [0.1, 0.15) is 19.8 Å². The van der Waals surface area contributed by atoms with E-state index >= 15 is 0 Å². The van der Waals surface area contributed by atoms with Crippen molar-refractivity contribution in [2.24, 2.45) is 0 Å². The van der Waals surface area contributed by atoms with E-state index in [1.54, 1.807) is 32.8 Å². The molecule has 1 heterocycles. The van der Waals surface area contributed by atoms with Crippen molar-refractivity contribution in [1.29, 1.82) is 0 Å². The van der Waals surface area contributed by atoms with Gasteiger partial charge in [0.2, 0.25) is 8.32 Å². The Bertz CT molecular complexity index is 338. The second kappa shape index (κ2) is 5.34. The average molecular weight is 335 g/mol. The standard InChI is InChI=1S/C10H21F3O3SSi2/c1-6-9(15-18(3,4)16-17-2)8(19(9,5)14)7-10(11,12)13/h8,14H,6-7H2,1-5H3/t8?,9?,19-/m1/s1. The Kier molecular flexibility index (Phi) is 4.92. The zero-order chi connectivity index (χ0) is 15.1. The summed E-state index contributed by atoms with van der Waals surface area (Å²) in [5.41, 5.74) is -0.790. The van der Waals surface area contributed by atoms with Crippen LogP contribution in [0.2, 0.25) is 25.2 Å². The Morgan fingerprint density at radius 3 is 2.32 bits per heavy atom. The molecule has 1 aliphatic rings. The number of halogens is 3. The van der Waals surface area contributed by atoms with Crippen molar-refractivity contribution in [2.45, 2.75) is 56.3 Å². The summed E-state index contributed by atoms with van der Waals surface area (Å²) in [7, 11) is -5.55. The van der Waals surface area contributed by atoms with Crippen molar-refractivity contribution in [3.05, 3.63) is 0 Å². The van der Waals surface area contributed by atoms with Crippen molar-refractivity contribution in [1.82, 2.24) is 0 Å². The molecule has 0 saturated carbocycles. The van der Waals surface area contributed by atoms with E-state index < -0.39 is 40.2 Å². The molecule has 0 aromatic rings. The van der Waals surface area contributed by atoms with E-state index in [0.717, 1.165) is 12.0 Å². The van der Waals surface area contributed by atoms with Gasteiger partial charge in [-0.05, 0) is 38.1 Å². The maximum absolute atomic E-state index is 12.6. The second-order valence-electron chi connectivity index (χ2n) is 5.51. The molecule has 0 amide bonds. The summed E-state index contributed by atoms with van der Waals surface area (Å²) in [6.45, 7) is 6.89. The molecule has 1 N–H and O–H groups in total. The molecular formula is C10H21F3O3SSi2. The van der Waals surface area contributed by atoms with E-state index in [0.29, 0.717) is 6.42 Å². The second-order valence-corrected chi connectivity index (χ2v) is 13.4. The minimum Gasteiger partial charge on any atom is -0.429 e. The molecule has 0 aliphatic carbocycles. The molecule has 1 aliphatic heterocycles. The monoisotopic (exact) mass is 334 g/mol. The largest absolute Gasteiger partial charge is 0.429 e. The van der Waals surface area contributed by atoms with Gasteiger partial charge in [-0.25, -0.2) is 0 Å². The highest BCUT2D eigenvalue weighted by Crippen LogP contribution is 2.65. The molecular weight excluding hydrogens is 313 g/mol. The summed E-state index contributed by atoms with van der Waals surface area (Å²) in [5.74, 6) is 0. The minimum absolute atomic E-state index is 0.390. The van der Waals surface area contributed by atoms with Crippen LogP contribution in [0.15, 0.2) is 0 Å². The highest BCUT2D eigenvalue weighted by molar-refractivity contribution is 7.94. The first-order valence-electron chi connectivity index (χ1n) is 6.13. The van der Waals surface area contributed by atoms with Gasteiger partial charge in [0.05, 0.1) is 5.22 Å². The van der Waals surface area contributed by atoms with E-state index in [1.165, 1.54) is 0 Å². The van der Waals surface area contributed by atoms with Crippen molar-refractivity contribution < 1.29 is 26.3 Å². The molecule has 9 heteroatoms. The summed E-state index contributed by atoms with van der Waals surface area (Å²) in [6, 6.07) is 0. The quantitative estimate of drug-likeness (QED) is 0.595. The predicted molar refractivity (Wildman–Crippen MR) is 74.4 cm³/mol. The number of hydrogen-bond donors (Lipinski definition) is 1. The lowest BCUT2D eigenvalue weighted by Gasteiger charge is -2.29. The van der Waals surface area contributed by atoms with Crippen LogP contribution in [-0.4, -0.2) is 39.3 Å². The zero-order valence-corrected chi connectivity index (χ0v) is 14.6. The molecule has 3 atom stereocenters. The topological polar surface area (TPSA) is 38.7 Å². The molecule has 114 valence electrons. The molecule has 0 spiro atoms. The number of rotatable bonds is 6. The lowest BCUT2D eigenvalue weighted by Crippen LogP contribution is -2.43. The SMILES string of the molecule is CCC1(O[Si](C)(C)OSC)C(CC(F)(F)F)[Si@@]1(C)O. The summed E-state index contributed by atoms with van der Waals surface area (Å²) in [4.78, 5) is 10.4. The average Bonchev–Trinajstić information content (AvgIpc) is 2.61. The summed E-state index contributed by atoms with van der Waals surface area (Å²) >= 11 is 1.15. The molecule has 0 bridgehead atoms. The molecule has 0 aromatic carbocycles. The highest BCUT2D eigenvalue weighted by atomic mass is 32.2. The molecule has 19 heavy (non-hydrogen) atoms. The lowest BCUT2D eigenvalue weighted by molar-refractivity contribution is -0.137. The third kappa shape index (κ3) is 3.56. The first kappa shape index (κ1) is 17.5.